The average molecular weight is 360 g/mol. The number of anilines is 1. The van der Waals surface area contributed by atoms with Gasteiger partial charge < -0.3 is 14.2 Å². The maximum absolute atomic E-state index is 12.0. The molecule has 0 saturated heterocycles. The fraction of sp³-hybridized carbons (Fsp3) is 0.333. The SMILES string of the molecule is COc1c2cccnc2c(OC)c2sc(NC(=O)OC(C)(C)C)cc12. The van der Waals surface area contributed by atoms with Gasteiger partial charge in [-0.3, -0.25) is 10.3 Å². The molecule has 3 rings (SSSR count). The number of benzene rings is 1. The Bertz CT molecular complexity index is 883. The van der Waals surface area contributed by atoms with Gasteiger partial charge in [-0.05, 0) is 39.0 Å². The highest BCUT2D eigenvalue weighted by Gasteiger charge is 2.21. The predicted molar refractivity (Wildman–Crippen MR) is 100 cm³/mol. The Kier molecular flexibility index (Phi) is 4.43. The average Bonchev–Trinajstić information content (AvgIpc) is 2.93. The summed E-state index contributed by atoms with van der Waals surface area (Å²) in [6.45, 7) is 5.46. The summed E-state index contributed by atoms with van der Waals surface area (Å²) in [5, 5.41) is 5.13. The molecule has 0 aliphatic rings. The van der Waals surface area contributed by atoms with Gasteiger partial charge >= 0.3 is 6.09 Å². The molecule has 1 N–H and O–H groups in total. The van der Waals surface area contributed by atoms with Crippen LogP contribution in [0.1, 0.15) is 20.8 Å². The molecule has 0 bridgehead atoms. The van der Waals surface area contributed by atoms with E-state index in [1.807, 2.05) is 39.0 Å². The van der Waals surface area contributed by atoms with E-state index in [1.54, 1.807) is 20.4 Å². The Morgan fingerprint density at radius 1 is 1.16 bits per heavy atom. The minimum absolute atomic E-state index is 0.500. The van der Waals surface area contributed by atoms with Crippen molar-refractivity contribution in [3.05, 3.63) is 24.4 Å². The standard InChI is InChI=1S/C18H20N2O4S/c1-18(2,3)24-17(21)20-12-9-11-14(22-4)10-7-6-8-19-13(10)15(23-5)16(11)25-12/h6-9H,1-5H3,(H,20,21). The molecule has 0 radical (unpaired) electrons. The van der Waals surface area contributed by atoms with Crippen LogP contribution in [0.25, 0.3) is 21.0 Å². The zero-order chi connectivity index (χ0) is 18.2. The van der Waals surface area contributed by atoms with E-state index in [2.05, 4.69) is 10.3 Å². The first kappa shape index (κ1) is 17.3. The van der Waals surface area contributed by atoms with Crippen LogP contribution in [0.5, 0.6) is 11.5 Å². The summed E-state index contributed by atoms with van der Waals surface area (Å²) < 4.78 is 17.4. The molecular formula is C18H20N2O4S. The third-order valence-electron chi connectivity index (χ3n) is 3.48. The van der Waals surface area contributed by atoms with Gasteiger partial charge in [0.1, 0.15) is 16.9 Å². The third kappa shape index (κ3) is 3.32. The molecular weight excluding hydrogens is 340 g/mol. The van der Waals surface area contributed by atoms with Crippen LogP contribution < -0.4 is 14.8 Å². The molecule has 2 aromatic heterocycles. The van der Waals surface area contributed by atoms with Gasteiger partial charge in [-0.2, -0.15) is 0 Å². The van der Waals surface area contributed by atoms with E-state index in [0.717, 1.165) is 21.0 Å². The van der Waals surface area contributed by atoms with E-state index in [0.29, 0.717) is 16.5 Å². The van der Waals surface area contributed by atoms with Crippen molar-refractivity contribution in [1.82, 2.24) is 4.98 Å². The number of rotatable bonds is 3. The lowest BCUT2D eigenvalue weighted by Gasteiger charge is -2.19. The van der Waals surface area contributed by atoms with E-state index in [1.165, 1.54) is 11.3 Å². The highest BCUT2D eigenvalue weighted by Crippen LogP contribution is 2.46. The number of thiophene rings is 1. The summed E-state index contributed by atoms with van der Waals surface area (Å²) in [5.41, 5.74) is 0.161. The summed E-state index contributed by atoms with van der Waals surface area (Å²) in [6, 6.07) is 5.64. The maximum Gasteiger partial charge on any atom is 0.412 e. The van der Waals surface area contributed by atoms with Gasteiger partial charge in [0.05, 0.1) is 23.9 Å². The van der Waals surface area contributed by atoms with Gasteiger partial charge in [0.15, 0.2) is 5.75 Å². The largest absolute Gasteiger partial charge is 0.495 e. The fourth-order valence-corrected chi connectivity index (χ4v) is 3.69. The number of fused-ring (bicyclic) bond motifs is 2. The number of carbonyl (C=O) groups is 1. The third-order valence-corrected chi connectivity index (χ3v) is 4.53. The summed E-state index contributed by atoms with van der Waals surface area (Å²) in [4.78, 5) is 16.5. The number of nitrogens with zero attached hydrogens (tertiary/aromatic N) is 1. The van der Waals surface area contributed by atoms with Crippen LogP contribution in [0.2, 0.25) is 0 Å². The zero-order valence-corrected chi connectivity index (χ0v) is 15.6. The van der Waals surface area contributed by atoms with Crippen LogP contribution in [0.15, 0.2) is 24.4 Å². The minimum Gasteiger partial charge on any atom is -0.495 e. The Morgan fingerprint density at radius 2 is 1.88 bits per heavy atom. The second-order valence-electron chi connectivity index (χ2n) is 6.45. The van der Waals surface area contributed by atoms with Gasteiger partial charge in [0.25, 0.3) is 0 Å². The lowest BCUT2D eigenvalue weighted by molar-refractivity contribution is 0.0636. The fourth-order valence-electron chi connectivity index (χ4n) is 2.63. The van der Waals surface area contributed by atoms with E-state index < -0.39 is 11.7 Å². The molecule has 0 saturated carbocycles. The second-order valence-corrected chi connectivity index (χ2v) is 7.50. The van der Waals surface area contributed by atoms with Crippen molar-refractivity contribution in [1.29, 1.82) is 0 Å². The molecule has 2 heterocycles. The van der Waals surface area contributed by atoms with Crippen LogP contribution in [0, 0.1) is 0 Å². The molecule has 0 aliphatic carbocycles. The normalized spacial score (nSPS) is 11.6. The predicted octanol–water partition coefficient (Wildman–Crippen LogP) is 4.81. The van der Waals surface area contributed by atoms with Crippen molar-refractivity contribution in [2.75, 3.05) is 19.5 Å². The Balaban J connectivity index is 2.13. The molecule has 132 valence electrons. The van der Waals surface area contributed by atoms with Crippen molar-refractivity contribution >= 4 is 43.4 Å². The lowest BCUT2D eigenvalue weighted by atomic mass is 10.1. The van der Waals surface area contributed by atoms with Crippen LogP contribution in [0.4, 0.5) is 9.80 Å². The van der Waals surface area contributed by atoms with E-state index >= 15 is 0 Å². The molecule has 0 aliphatic heterocycles. The zero-order valence-electron chi connectivity index (χ0n) is 14.8. The van der Waals surface area contributed by atoms with Gasteiger partial charge in [-0.25, -0.2) is 4.79 Å². The summed E-state index contributed by atoms with van der Waals surface area (Å²) in [5.74, 6) is 1.36. The Hall–Kier alpha value is -2.54. The summed E-state index contributed by atoms with van der Waals surface area (Å²) >= 11 is 1.39. The van der Waals surface area contributed by atoms with E-state index in [4.69, 9.17) is 14.2 Å². The van der Waals surface area contributed by atoms with Gasteiger partial charge in [-0.15, -0.1) is 11.3 Å². The van der Waals surface area contributed by atoms with Gasteiger partial charge in [0.2, 0.25) is 0 Å². The topological polar surface area (TPSA) is 69.7 Å². The number of hydrogen-bond acceptors (Lipinski definition) is 6. The van der Waals surface area contributed by atoms with Gasteiger partial charge in [0, 0.05) is 17.0 Å². The molecule has 0 fully saturated rings. The number of pyridine rings is 1. The number of amides is 1. The van der Waals surface area contributed by atoms with Crippen molar-refractivity contribution in [2.45, 2.75) is 26.4 Å². The molecule has 6 nitrogen and oxygen atoms in total. The minimum atomic E-state index is -0.561. The van der Waals surface area contributed by atoms with Crippen molar-refractivity contribution in [2.24, 2.45) is 0 Å². The molecule has 25 heavy (non-hydrogen) atoms. The molecule has 0 spiro atoms. The Morgan fingerprint density at radius 3 is 2.52 bits per heavy atom. The number of ether oxygens (including phenoxy) is 3. The van der Waals surface area contributed by atoms with Crippen LogP contribution in [-0.4, -0.2) is 30.9 Å². The smallest absolute Gasteiger partial charge is 0.412 e. The van der Waals surface area contributed by atoms with E-state index in [9.17, 15) is 4.79 Å². The number of methoxy groups -OCH3 is 2. The highest BCUT2D eigenvalue weighted by atomic mass is 32.1. The van der Waals surface area contributed by atoms with Crippen molar-refractivity contribution < 1.29 is 19.0 Å². The number of nitrogens with one attached hydrogen (secondary N) is 1. The summed E-state index contributed by atoms with van der Waals surface area (Å²) in [6.07, 6.45) is 1.21. The number of carbonyl (C=O) groups excluding carboxylic acids is 1. The monoisotopic (exact) mass is 360 g/mol. The first-order chi connectivity index (χ1) is 11.8. The van der Waals surface area contributed by atoms with Crippen LogP contribution >= 0.6 is 11.3 Å². The molecule has 7 heteroatoms. The summed E-state index contributed by atoms with van der Waals surface area (Å²) in [7, 11) is 3.22. The quantitative estimate of drug-likeness (QED) is 0.725. The first-order valence-corrected chi connectivity index (χ1v) is 8.58. The van der Waals surface area contributed by atoms with Gasteiger partial charge in [-0.1, -0.05) is 0 Å². The second kappa shape index (κ2) is 6.40. The molecule has 0 atom stereocenters. The van der Waals surface area contributed by atoms with Crippen LogP contribution in [-0.2, 0) is 4.74 Å². The van der Waals surface area contributed by atoms with Crippen molar-refractivity contribution in [3.8, 4) is 11.5 Å². The maximum atomic E-state index is 12.0. The van der Waals surface area contributed by atoms with E-state index in [-0.39, 0.29) is 0 Å². The highest BCUT2D eigenvalue weighted by molar-refractivity contribution is 7.23. The van der Waals surface area contributed by atoms with Crippen molar-refractivity contribution in [3.63, 3.8) is 0 Å². The first-order valence-electron chi connectivity index (χ1n) is 7.76. The molecule has 1 amide bonds. The number of hydrogen-bond donors (Lipinski definition) is 1. The van der Waals surface area contributed by atoms with Crippen LogP contribution in [0.3, 0.4) is 0 Å². The lowest BCUT2D eigenvalue weighted by Crippen LogP contribution is -2.26. The molecule has 0 unspecified atom stereocenters. The Labute approximate surface area is 149 Å². The molecule has 1 aromatic carbocycles. The molecule has 3 aromatic rings. The number of aromatic nitrogens is 1.